The second-order valence-corrected chi connectivity index (χ2v) is 19.5. The number of esters is 3. The summed E-state index contributed by atoms with van der Waals surface area (Å²) in [5, 5.41) is 0. The topological polar surface area (TPSA) is 78.9 Å². The largest absolute Gasteiger partial charge is 0.462 e. The zero-order valence-electron chi connectivity index (χ0n) is 45.1. The molecule has 1 atom stereocenters. The van der Waals surface area contributed by atoms with Crippen molar-refractivity contribution in [1.29, 1.82) is 0 Å². The molecular formula is C62H110O6. The lowest BCUT2D eigenvalue weighted by Gasteiger charge is -2.18. The molecule has 0 aliphatic carbocycles. The van der Waals surface area contributed by atoms with Crippen LogP contribution in [0.1, 0.15) is 297 Å². The fraction of sp³-hybridized carbons (Fsp3) is 0.790. The van der Waals surface area contributed by atoms with Crippen LogP contribution >= 0.6 is 0 Å². The number of unbranched alkanes of at least 4 members (excludes halogenated alkanes) is 32. The van der Waals surface area contributed by atoms with Gasteiger partial charge < -0.3 is 14.2 Å². The van der Waals surface area contributed by atoms with Gasteiger partial charge in [-0.1, -0.05) is 255 Å². The first-order valence-electron chi connectivity index (χ1n) is 29.3. The van der Waals surface area contributed by atoms with Crippen LogP contribution in [-0.2, 0) is 28.6 Å². The number of hydrogen-bond acceptors (Lipinski definition) is 6. The van der Waals surface area contributed by atoms with Crippen molar-refractivity contribution in [3.63, 3.8) is 0 Å². The molecule has 0 heterocycles. The molecule has 0 spiro atoms. The molecule has 0 saturated carbocycles. The third-order valence-electron chi connectivity index (χ3n) is 12.8. The molecule has 68 heavy (non-hydrogen) atoms. The van der Waals surface area contributed by atoms with Crippen molar-refractivity contribution >= 4 is 17.9 Å². The Labute approximate surface area is 421 Å². The molecule has 0 radical (unpaired) electrons. The number of ether oxygens (including phenoxy) is 3. The van der Waals surface area contributed by atoms with Gasteiger partial charge in [0.05, 0.1) is 0 Å². The molecule has 0 N–H and O–H groups in total. The number of hydrogen-bond donors (Lipinski definition) is 0. The Bertz CT molecular complexity index is 1230. The summed E-state index contributed by atoms with van der Waals surface area (Å²) >= 11 is 0. The molecule has 0 aliphatic rings. The summed E-state index contributed by atoms with van der Waals surface area (Å²) < 4.78 is 16.9. The maximum Gasteiger partial charge on any atom is 0.306 e. The van der Waals surface area contributed by atoms with Crippen molar-refractivity contribution in [2.75, 3.05) is 13.2 Å². The second kappa shape index (κ2) is 56.7. The fourth-order valence-corrected chi connectivity index (χ4v) is 8.37. The van der Waals surface area contributed by atoms with Gasteiger partial charge in [-0.05, 0) is 83.5 Å². The minimum absolute atomic E-state index is 0.0771. The highest BCUT2D eigenvalue weighted by molar-refractivity contribution is 5.71. The van der Waals surface area contributed by atoms with Gasteiger partial charge in [0.25, 0.3) is 0 Å². The van der Waals surface area contributed by atoms with Crippen LogP contribution in [0.4, 0.5) is 0 Å². The molecule has 0 saturated heterocycles. The lowest BCUT2D eigenvalue weighted by molar-refractivity contribution is -0.167. The van der Waals surface area contributed by atoms with Gasteiger partial charge in [-0.2, -0.15) is 0 Å². The highest BCUT2D eigenvalue weighted by Gasteiger charge is 2.19. The average molecular weight is 952 g/mol. The van der Waals surface area contributed by atoms with Crippen LogP contribution < -0.4 is 0 Å². The SMILES string of the molecule is CC/C=C\C/C=C\C/C=C\CCCCCCCCCC(=O)OC(COC(=O)CCCCCCCCCCC/C=C\C/C=C\CCCCCCC)COC(=O)CCCCCCCCCCCCCC. The molecule has 0 aromatic rings. The first kappa shape index (κ1) is 65.1. The van der Waals surface area contributed by atoms with Gasteiger partial charge in [0.1, 0.15) is 13.2 Å². The molecule has 394 valence electrons. The normalized spacial score (nSPS) is 12.5. The zero-order valence-corrected chi connectivity index (χ0v) is 45.1. The number of carbonyl (C=O) groups is 3. The minimum Gasteiger partial charge on any atom is -0.462 e. The summed E-state index contributed by atoms with van der Waals surface area (Å²) in [6.45, 7) is 6.53. The third-order valence-corrected chi connectivity index (χ3v) is 12.8. The van der Waals surface area contributed by atoms with Crippen molar-refractivity contribution in [3.8, 4) is 0 Å². The van der Waals surface area contributed by atoms with Crippen LogP contribution in [0.25, 0.3) is 0 Å². The van der Waals surface area contributed by atoms with E-state index in [0.717, 1.165) is 89.9 Å². The van der Waals surface area contributed by atoms with Crippen LogP contribution in [0.15, 0.2) is 60.8 Å². The molecule has 0 fully saturated rings. The van der Waals surface area contributed by atoms with E-state index in [0.29, 0.717) is 19.3 Å². The van der Waals surface area contributed by atoms with E-state index in [4.69, 9.17) is 14.2 Å². The molecule has 0 rings (SSSR count). The van der Waals surface area contributed by atoms with E-state index in [1.807, 2.05) is 0 Å². The van der Waals surface area contributed by atoms with Gasteiger partial charge in [0.15, 0.2) is 6.10 Å². The average Bonchev–Trinajstić information content (AvgIpc) is 3.34. The Kier molecular flexibility index (Phi) is 54.3. The fourth-order valence-electron chi connectivity index (χ4n) is 8.37. The molecule has 0 aliphatic heterocycles. The molecule has 0 amide bonds. The van der Waals surface area contributed by atoms with Crippen LogP contribution in [0.5, 0.6) is 0 Å². The summed E-state index contributed by atoms with van der Waals surface area (Å²) in [4.78, 5) is 38.2. The summed E-state index contributed by atoms with van der Waals surface area (Å²) in [5.41, 5.74) is 0. The van der Waals surface area contributed by atoms with Gasteiger partial charge in [-0.3, -0.25) is 14.4 Å². The van der Waals surface area contributed by atoms with E-state index in [1.54, 1.807) is 0 Å². The Morgan fingerprint density at radius 3 is 0.897 bits per heavy atom. The first-order chi connectivity index (χ1) is 33.5. The van der Waals surface area contributed by atoms with Crippen LogP contribution in [0.2, 0.25) is 0 Å². The van der Waals surface area contributed by atoms with Gasteiger partial charge in [0.2, 0.25) is 0 Å². The zero-order chi connectivity index (χ0) is 49.3. The maximum atomic E-state index is 12.9. The second-order valence-electron chi connectivity index (χ2n) is 19.5. The van der Waals surface area contributed by atoms with Crippen molar-refractivity contribution in [1.82, 2.24) is 0 Å². The smallest absolute Gasteiger partial charge is 0.306 e. The third kappa shape index (κ3) is 54.1. The highest BCUT2D eigenvalue weighted by Crippen LogP contribution is 2.16. The molecule has 1 unspecified atom stereocenters. The molecule has 6 heteroatoms. The lowest BCUT2D eigenvalue weighted by atomic mass is 10.0. The molecule has 6 nitrogen and oxygen atoms in total. The van der Waals surface area contributed by atoms with Gasteiger partial charge in [0, 0.05) is 19.3 Å². The number of allylic oxidation sites excluding steroid dienone is 10. The quantitative estimate of drug-likeness (QED) is 0.0262. The lowest BCUT2D eigenvalue weighted by Crippen LogP contribution is -2.30. The minimum atomic E-state index is -0.779. The standard InChI is InChI=1S/C62H110O6/c1-4-7-10-13-16-19-22-25-27-29-30-31-32-34-35-37-40-43-46-49-52-55-61(64)67-58-59(57-66-60(63)54-51-48-45-42-39-24-21-18-15-12-9-6-3)68-62(65)56-53-50-47-44-41-38-36-33-28-26-23-20-17-14-11-8-5-2/h8,11,17,20,22,25-26,28-30,59H,4-7,9-10,12-16,18-19,21,23-24,27,31-58H2,1-3H3/b11-8-,20-17-,25-22-,28-26-,30-29-. The monoisotopic (exact) mass is 951 g/mol. The van der Waals surface area contributed by atoms with E-state index in [2.05, 4.69) is 81.5 Å². The molecule has 0 aromatic carbocycles. The predicted molar refractivity (Wildman–Crippen MR) is 293 cm³/mol. The van der Waals surface area contributed by atoms with E-state index in [1.165, 1.54) is 167 Å². The Balaban J connectivity index is 4.33. The van der Waals surface area contributed by atoms with E-state index in [-0.39, 0.29) is 31.1 Å². The van der Waals surface area contributed by atoms with Crippen molar-refractivity contribution in [3.05, 3.63) is 60.8 Å². The van der Waals surface area contributed by atoms with Crippen LogP contribution in [-0.4, -0.2) is 37.2 Å². The molecule has 0 aromatic heterocycles. The molecule has 0 bridgehead atoms. The first-order valence-corrected chi connectivity index (χ1v) is 29.3. The Hall–Kier alpha value is -2.89. The van der Waals surface area contributed by atoms with E-state index >= 15 is 0 Å². The summed E-state index contributed by atoms with van der Waals surface area (Å²) in [6.07, 6.45) is 70.7. The Morgan fingerprint density at radius 1 is 0.309 bits per heavy atom. The molecular weight excluding hydrogens is 841 g/mol. The van der Waals surface area contributed by atoms with Gasteiger partial charge in [-0.25, -0.2) is 0 Å². The highest BCUT2D eigenvalue weighted by atomic mass is 16.6. The van der Waals surface area contributed by atoms with Crippen LogP contribution in [0.3, 0.4) is 0 Å². The van der Waals surface area contributed by atoms with Crippen LogP contribution in [0, 0.1) is 0 Å². The Morgan fingerprint density at radius 2 is 0.574 bits per heavy atom. The number of rotatable bonds is 53. The predicted octanol–water partition coefficient (Wildman–Crippen LogP) is 19.6. The van der Waals surface area contributed by atoms with E-state index in [9.17, 15) is 14.4 Å². The van der Waals surface area contributed by atoms with E-state index < -0.39 is 6.10 Å². The van der Waals surface area contributed by atoms with Gasteiger partial charge in [-0.15, -0.1) is 0 Å². The summed E-state index contributed by atoms with van der Waals surface area (Å²) in [7, 11) is 0. The summed E-state index contributed by atoms with van der Waals surface area (Å²) in [5.74, 6) is -0.879. The number of carbonyl (C=O) groups excluding carboxylic acids is 3. The van der Waals surface area contributed by atoms with Crippen molar-refractivity contribution in [2.45, 2.75) is 303 Å². The van der Waals surface area contributed by atoms with Crippen molar-refractivity contribution < 1.29 is 28.6 Å². The van der Waals surface area contributed by atoms with Crippen molar-refractivity contribution in [2.24, 2.45) is 0 Å². The summed E-state index contributed by atoms with van der Waals surface area (Å²) in [6, 6.07) is 0. The maximum absolute atomic E-state index is 12.9. The van der Waals surface area contributed by atoms with Gasteiger partial charge >= 0.3 is 17.9 Å².